The number of carbonyl (C=O) groups is 3. The third-order valence-corrected chi connectivity index (χ3v) is 9.51. The maximum Gasteiger partial charge on any atom is 0.265 e. The number of aliphatic hydroxyl groups is 1. The lowest BCUT2D eigenvalue weighted by molar-refractivity contribution is 0.0470. The summed E-state index contributed by atoms with van der Waals surface area (Å²) in [6.07, 6.45) is -0.301. The van der Waals surface area contributed by atoms with Crippen molar-refractivity contribution in [1.29, 1.82) is 0 Å². The lowest BCUT2D eigenvalue weighted by Crippen LogP contribution is -2.53. The molecule has 49 heavy (non-hydrogen) atoms. The second-order valence-electron chi connectivity index (χ2n) is 11.8. The van der Waals surface area contributed by atoms with Crippen LogP contribution in [0.5, 0.6) is 0 Å². The summed E-state index contributed by atoms with van der Waals surface area (Å²) in [6, 6.07) is 13.7. The van der Waals surface area contributed by atoms with Gasteiger partial charge in [-0.05, 0) is 67.3 Å². The zero-order valence-electron chi connectivity index (χ0n) is 28.4. The van der Waals surface area contributed by atoms with Crippen LogP contribution in [-0.4, -0.2) is 97.9 Å². The predicted molar refractivity (Wildman–Crippen MR) is 182 cm³/mol. The molecule has 0 aromatic heterocycles. The van der Waals surface area contributed by atoms with Crippen LogP contribution in [0.15, 0.2) is 71.6 Å². The third-order valence-electron chi connectivity index (χ3n) is 7.71. The van der Waals surface area contributed by atoms with Crippen LogP contribution in [-0.2, 0) is 16.4 Å². The lowest BCUT2D eigenvalue weighted by atomic mass is 9.99. The van der Waals surface area contributed by atoms with E-state index >= 15 is 0 Å². The molecule has 0 aliphatic carbocycles. The molecule has 3 rings (SSSR count). The van der Waals surface area contributed by atoms with Gasteiger partial charge in [0.1, 0.15) is 11.6 Å². The van der Waals surface area contributed by atoms with Gasteiger partial charge in [-0.3, -0.25) is 19.8 Å². The van der Waals surface area contributed by atoms with Gasteiger partial charge in [0.05, 0.1) is 17.0 Å². The first-order chi connectivity index (χ1) is 23.2. The summed E-state index contributed by atoms with van der Waals surface area (Å²) in [4.78, 5) is 41.5. The van der Waals surface area contributed by atoms with E-state index in [4.69, 9.17) is 0 Å². The van der Waals surface area contributed by atoms with Crippen molar-refractivity contribution in [1.82, 2.24) is 25.0 Å². The highest BCUT2D eigenvalue weighted by Crippen LogP contribution is 2.21. The molecule has 0 aliphatic heterocycles. The fourth-order valence-corrected chi connectivity index (χ4v) is 6.15. The summed E-state index contributed by atoms with van der Waals surface area (Å²) in [7, 11) is -1.44. The van der Waals surface area contributed by atoms with E-state index in [9.17, 15) is 36.7 Å². The second kappa shape index (κ2) is 18.0. The van der Waals surface area contributed by atoms with Gasteiger partial charge in [0.2, 0.25) is 10.0 Å². The smallest absolute Gasteiger partial charge is 0.265 e. The molecule has 2 unspecified atom stereocenters. The highest BCUT2D eigenvalue weighted by Gasteiger charge is 2.28. The van der Waals surface area contributed by atoms with Crippen molar-refractivity contribution in [3.8, 4) is 0 Å². The number of hydrazine groups is 1. The minimum absolute atomic E-state index is 0.0138. The van der Waals surface area contributed by atoms with Crippen molar-refractivity contribution in [3.05, 3.63) is 101 Å². The number of nitrogens with zero attached hydrogens (tertiary/aromatic N) is 3. The fourth-order valence-electron chi connectivity index (χ4n) is 5.17. The van der Waals surface area contributed by atoms with Gasteiger partial charge < -0.3 is 15.3 Å². The first kappa shape index (κ1) is 39.2. The number of amides is 3. The number of aliphatic hydroxyl groups excluding tert-OH is 1. The van der Waals surface area contributed by atoms with Crippen LogP contribution in [0.3, 0.4) is 0 Å². The number of nitrogens with one attached hydrogen (secondary N) is 2. The molecule has 3 aromatic carbocycles. The van der Waals surface area contributed by atoms with E-state index in [2.05, 4.69) is 10.7 Å². The quantitative estimate of drug-likeness (QED) is 0.182. The van der Waals surface area contributed by atoms with E-state index in [0.717, 1.165) is 22.5 Å². The normalized spacial score (nSPS) is 12.9. The minimum atomic E-state index is -4.09. The topological polar surface area (TPSA) is 139 Å². The molecule has 0 spiro atoms. The van der Waals surface area contributed by atoms with Crippen LogP contribution in [0.25, 0.3) is 0 Å². The summed E-state index contributed by atoms with van der Waals surface area (Å²) in [5, 5.41) is 15.5. The van der Waals surface area contributed by atoms with E-state index in [0.29, 0.717) is 37.6 Å². The molecule has 2 atom stereocenters. The average molecular weight is 702 g/mol. The Bertz CT molecular complexity index is 1680. The van der Waals surface area contributed by atoms with Gasteiger partial charge in [-0.15, -0.1) is 0 Å². The van der Waals surface area contributed by atoms with E-state index in [1.807, 2.05) is 13.8 Å². The van der Waals surface area contributed by atoms with Crippen LogP contribution < -0.4 is 10.7 Å². The van der Waals surface area contributed by atoms with E-state index < -0.39 is 51.5 Å². The van der Waals surface area contributed by atoms with Crippen molar-refractivity contribution in [2.75, 3.05) is 40.3 Å². The highest BCUT2D eigenvalue weighted by molar-refractivity contribution is 7.89. The SMILES string of the molecule is CCCN(CCC)C(=O)c1cc(C(=O)NC(Cc2cc(F)cc(F)c2)C(O)CN(CC)NC(=O)c2ccccc2)cc(S(=O)(=O)N(C)C)c1. The highest BCUT2D eigenvalue weighted by atomic mass is 32.2. The molecular weight excluding hydrogens is 656 g/mol. The Morgan fingerprint density at radius 3 is 1.96 bits per heavy atom. The van der Waals surface area contributed by atoms with Crippen LogP contribution in [0.2, 0.25) is 0 Å². The summed E-state index contributed by atoms with van der Waals surface area (Å²) >= 11 is 0. The molecule has 0 aliphatic rings. The summed E-state index contributed by atoms with van der Waals surface area (Å²) in [6.45, 7) is 6.46. The third kappa shape index (κ3) is 10.9. The summed E-state index contributed by atoms with van der Waals surface area (Å²) in [5.74, 6) is -3.42. The maximum absolute atomic E-state index is 14.2. The first-order valence-corrected chi connectivity index (χ1v) is 17.6. The molecule has 0 radical (unpaired) electrons. The van der Waals surface area contributed by atoms with Crippen molar-refractivity contribution in [2.45, 2.75) is 57.1 Å². The predicted octanol–water partition coefficient (Wildman–Crippen LogP) is 3.85. The first-order valence-electron chi connectivity index (χ1n) is 16.1. The number of benzene rings is 3. The Labute approximate surface area is 286 Å². The van der Waals surface area contributed by atoms with Crippen LogP contribution >= 0.6 is 0 Å². The van der Waals surface area contributed by atoms with E-state index in [-0.39, 0.29) is 41.1 Å². The summed E-state index contributed by atoms with van der Waals surface area (Å²) in [5.41, 5.74) is 3.03. The van der Waals surface area contributed by atoms with Crippen molar-refractivity contribution in [3.63, 3.8) is 0 Å². The van der Waals surface area contributed by atoms with Crippen molar-refractivity contribution >= 4 is 27.7 Å². The summed E-state index contributed by atoms with van der Waals surface area (Å²) < 4.78 is 55.7. The van der Waals surface area contributed by atoms with Crippen LogP contribution in [0.1, 0.15) is 70.3 Å². The zero-order valence-corrected chi connectivity index (χ0v) is 29.3. The molecule has 266 valence electrons. The lowest BCUT2D eigenvalue weighted by Gasteiger charge is -2.30. The largest absolute Gasteiger partial charge is 0.390 e. The van der Waals surface area contributed by atoms with Gasteiger partial charge in [-0.25, -0.2) is 26.5 Å². The number of carbonyl (C=O) groups excluding carboxylic acids is 3. The van der Waals surface area contributed by atoms with Gasteiger partial charge in [-0.2, -0.15) is 0 Å². The number of likely N-dealkylation sites (N-methyl/N-ethyl adjacent to an activating group) is 1. The minimum Gasteiger partial charge on any atom is -0.390 e. The molecule has 11 nitrogen and oxygen atoms in total. The molecule has 0 saturated heterocycles. The molecule has 0 bridgehead atoms. The number of rotatable bonds is 17. The Morgan fingerprint density at radius 1 is 0.816 bits per heavy atom. The Kier molecular flexibility index (Phi) is 14.4. The average Bonchev–Trinajstić information content (AvgIpc) is 3.06. The van der Waals surface area contributed by atoms with Gasteiger partial charge in [0.25, 0.3) is 17.7 Å². The molecule has 3 amide bonds. The number of hydrogen-bond acceptors (Lipinski definition) is 7. The standard InChI is InChI=1S/C35H45F2N5O6S/c1-6-14-41(15-7-2)35(46)27-19-26(20-30(21-27)49(47,48)40(4)5)33(44)38-31(18-24-16-28(36)22-29(37)17-24)32(43)23-42(8-3)39-34(45)25-12-10-9-11-13-25/h9-13,16-17,19-22,31-32,43H,6-8,14-15,18,23H2,1-5H3,(H,38,44)(H,39,45). The van der Waals surface area contributed by atoms with Crippen molar-refractivity contribution in [2.24, 2.45) is 0 Å². The molecule has 0 heterocycles. The molecule has 0 saturated carbocycles. The van der Waals surface area contributed by atoms with Gasteiger partial charge in [0.15, 0.2) is 0 Å². The monoisotopic (exact) mass is 701 g/mol. The molecule has 0 fully saturated rings. The van der Waals surface area contributed by atoms with Crippen molar-refractivity contribution < 1.29 is 36.7 Å². The number of halogens is 2. The fraction of sp³-hybridized carbons (Fsp3) is 0.400. The van der Waals surface area contributed by atoms with Crippen LogP contribution in [0.4, 0.5) is 8.78 Å². The number of hydrogen-bond donors (Lipinski definition) is 3. The maximum atomic E-state index is 14.2. The molecular formula is C35H45F2N5O6S. The molecule has 14 heteroatoms. The van der Waals surface area contributed by atoms with Gasteiger partial charge in [0, 0.05) is 63.0 Å². The molecule has 3 N–H and O–H groups in total. The number of sulfonamides is 1. The van der Waals surface area contributed by atoms with Gasteiger partial charge in [-0.1, -0.05) is 39.0 Å². The zero-order chi connectivity index (χ0) is 36.3. The van der Waals surface area contributed by atoms with E-state index in [1.165, 1.54) is 31.2 Å². The van der Waals surface area contributed by atoms with Crippen LogP contribution in [0, 0.1) is 11.6 Å². The Balaban J connectivity index is 2.00. The second-order valence-corrected chi connectivity index (χ2v) is 14.0. The molecule has 3 aromatic rings. The van der Waals surface area contributed by atoms with Gasteiger partial charge >= 0.3 is 0 Å². The Morgan fingerprint density at radius 2 is 1.41 bits per heavy atom. The Hall–Kier alpha value is -4.24. The van der Waals surface area contributed by atoms with E-state index in [1.54, 1.807) is 42.2 Å².